The highest BCUT2D eigenvalue weighted by atomic mass is 32.2. The van der Waals surface area contributed by atoms with Crippen molar-refractivity contribution in [3.8, 4) is 11.4 Å². The number of nitrogens with zero attached hydrogens (tertiary/aromatic N) is 3. The second-order valence-electron chi connectivity index (χ2n) is 4.27. The molecule has 0 radical (unpaired) electrons. The molecule has 0 aliphatic carbocycles. The molecule has 1 amide bonds. The Balaban J connectivity index is 1.84. The summed E-state index contributed by atoms with van der Waals surface area (Å²) in [6, 6.07) is 7.27. The van der Waals surface area contributed by atoms with E-state index in [0.717, 1.165) is 17.5 Å². The molecular formula is C14H15N5O3S. The summed E-state index contributed by atoms with van der Waals surface area (Å²) < 4.78 is 4.91. The predicted molar refractivity (Wildman–Crippen MR) is 83.9 cm³/mol. The van der Waals surface area contributed by atoms with Crippen LogP contribution in [-0.4, -0.2) is 39.2 Å². The van der Waals surface area contributed by atoms with E-state index in [9.17, 15) is 9.59 Å². The molecule has 120 valence electrons. The Kier molecular flexibility index (Phi) is 6.45. The molecule has 2 aromatic heterocycles. The molecule has 0 saturated heterocycles. The van der Waals surface area contributed by atoms with Crippen LogP contribution >= 0.6 is 11.8 Å². The highest BCUT2D eigenvalue weighted by Gasteiger charge is 2.09. The molecule has 0 bridgehead atoms. The number of thioether (sulfide) groups is 1. The number of nitrogens with two attached hydrogens (primary N) is 1. The van der Waals surface area contributed by atoms with Gasteiger partial charge >= 0.3 is 5.97 Å². The van der Waals surface area contributed by atoms with Crippen LogP contribution in [0.2, 0.25) is 0 Å². The average molecular weight is 333 g/mol. The van der Waals surface area contributed by atoms with Crippen molar-refractivity contribution in [1.82, 2.24) is 20.4 Å². The lowest BCUT2D eigenvalue weighted by atomic mass is 10.3. The third-order valence-corrected chi connectivity index (χ3v) is 3.47. The van der Waals surface area contributed by atoms with Gasteiger partial charge < -0.3 is 4.74 Å². The summed E-state index contributed by atoms with van der Waals surface area (Å²) >= 11 is 1.15. The molecule has 0 atom stereocenters. The predicted octanol–water partition coefficient (Wildman–Crippen LogP) is 0.554. The Hall–Kier alpha value is -2.52. The Bertz CT molecular complexity index is 668. The minimum Gasteiger partial charge on any atom is -0.465 e. The lowest BCUT2D eigenvalue weighted by Gasteiger charge is -2.04. The molecule has 9 heteroatoms. The van der Waals surface area contributed by atoms with E-state index in [-0.39, 0.29) is 18.8 Å². The van der Waals surface area contributed by atoms with Crippen molar-refractivity contribution < 1.29 is 14.3 Å². The highest BCUT2D eigenvalue weighted by Crippen LogP contribution is 2.18. The summed E-state index contributed by atoms with van der Waals surface area (Å²) in [5.74, 6) is 4.13. The normalized spacial score (nSPS) is 10.1. The number of amides is 1. The van der Waals surface area contributed by atoms with Crippen molar-refractivity contribution in [1.29, 1.82) is 0 Å². The maximum atomic E-state index is 11.6. The van der Waals surface area contributed by atoms with Crippen LogP contribution in [0, 0.1) is 0 Å². The number of rotatable bonds is 7. The van der Waals surface area contributed by atoms with E-state index in [0.29, 0.717) is 10.9 Å². The van der Waals surface area contributed by atoms with Gasteiger partial charge in [0.25, 0.3) is 0 Å². The zero-order chi connectivity index (χ0) is 16.5. The van der Waals surface area contributed by atoms with Crippen LogP contribution in [0.25, 0.3) is 11.4 Å². The maximum absolute atomic E-state index is 11.6. The first-order chi connectivity index (χ1) is 11.2. The zero-order valence-corrected chi connectivity index (χ0v) is 13.0. The molecule has 0 aliphatic heterocycles. The standard InChI is InChI=1S/C14H15N5O3S/c15-19-12(20)5-8-22-13(21)9-23-14-17-7-4-11(18-14)10-3-1-2-6-16-10/h1-4,6-7H,5,8-9,15H2,(H,19,20). The van der Waals surface area contributed by atoms with Crippen LogP contribution in [0.5, 0.6) is 0 Å². The number of ether oxygens (including phenoxy) is 1. The largest absolute Gasteiger partial charge is 0.465 e. The SMILES string of the molecule is NNC(=O)CCOC(=O)CSc1nccc(-c2ccccn2)n1. The molecule has 2 aromatic rings. The van der Waals surface area contributed by atoms with E-state index in [1.165, 1.54) is 0 Å². The number of esters is 1. The molecule has 8 nitrogen and oxygen atoms in total. The Morgan fingerprint density at radius 1 is 1.17 bits per heavy atom. The average Bonchev–Trinajstić information content (AvgIpc) is 2.61. The summed E-state index contributed by atoms with van der Waals surface area (Å²) in [5, 5.41) is 0.449. The van der Waals surface area contributed by atoms with Gasteiger partial charge in [0.05, 0.1) is 23.6 Å². The zero-order valence-electron chi connectivity index (χ0n) is 12.1. The van der Waals surface area contributed by atoms with Crippen molar-refractivity contribution in [3.05, 3.63) is 36.7 Å². The van der Waals surface area contributed by atoms with Gasteiger partial charge in [0.1, 0.15) is 6.61 Å². The minimum atomic E-state index is -0.452. The second kappa shape index (κ2) is 8.81. The van der Waals surface area contributed by atoms with E-state index in [2.05, 4.69) is 15.0 Å². The van der Waals surface area contributed by atoms with Gasteiger partial charge in [-0.2, -0.15) is 0 Å². The maximum Gasteiger partial charge on any atom is 0.316 e. The quantitative estimate of drug-likeness (QED) is 0.188. The van der Waals surface area contributed by atoms with Gasteiger partial charge in [0.15, 0.2) is 5.16 Å². The minimum absolute atomic E-state index is 0.0166. The summed E-state index contributed by atoms with van der Waals surface area (Å²) in [6.07, 6.45) is 3.31. The van der Waals surface area contributed by atoms with Crippen LogP contribution < -0.4 is 11.3 Å². The lowest BCUT2D eigenvalue weighted by Crippen LogP contribution is -2.31. The first-order valence-corrected chi connectivity index (χ1v) is 7.70. The van der Waals surface area contributed by atoms with E-state index in [4.69, 9.17) is 10.6 Å². The van der Waals surface area contributed by atoms with Crippen LogP contribution in [0.3, 0.4) is 0 Å². The molecule has 0 saturated carbocycles. The van der Waals surface area contributed by atoms with E-state index in [1.807, 2.05) is 23.6 Å². The first-order valence-electron chi connectivity index (χ1n) is 6.71. The first kappa shape index (κ1) is 16.8. The fourth-order valence-electron chi connectivity index (χ4n) is 1.56. The molecule has 23 heavy (non-hydrogen) atoms. The number of aromatic nitrogens is 3. The number of carbonyl (C=O) groups is 2. The molecule has 3 N–H and O–H groups in total. The number of nitrogens with one attached hydrogen (secondary N) is 1. The van der Waals surface area contributed by atoms with Crippen LogP contribution in [0.4, 0.5) is 0 Å². The summed E-state index contributed by atoms with van der Waals surface area (Å²) in [7, 11) is 0. The van der Waals surface area contributed by atoms with E-state index >= 15 is 0 Å². The van der Waals surface area contributed by atoms with Gasteiger partial charge in [-0.3, -0.25) is 20.0 Å². The van der Waals surface area contributed by atoms with Gasteiger partial charge in [0, 0.05) is 12.4 Å². The number of carbonyl (C=O) groups excluding carboxylic acids is 2. The third kappa shape index (κ3) is 5.64. The molecule has 0 aliphatic rings. The van der Waals surface area contributed by atoms with Crippen molar-refractivity contribution in [2.75, 3.05) is 12.4 Å². The van der Waals surface area contributed by atoms with Crippen molar-refractivity contribution in [2.24, 2.45) is 5.84 Å². The fourth-order valence-corrected chi connectivity index (χ4v) is 2.19. The van der Waals surface area contributed by atoms with Gasteiger partial charge in [-0.05, 0) is 18.2 Å². The Morgan fingerprint density at radius 2 is 2.04 bits per heavy atom. The molecule has 0 fully saturated rings. The second-order valence-corrected chi connectivity index (χ2v) is 5.21. The molecule has 0 unspecified atom stereocenters. The topological polar surface area (TPSA) is 120 Å². The number of hydrogen-bond donors (Lipinski definition) is 2. The van der Waals surface area contributed by atoms with Crippen LogP contribution in [0.15, 0.2) is 41.8 Å². The lowest BCUT2D eigenvalue weighted by molar-refractivity contribution is -0.141. The van der Waals surface area contributed by atoms with Gasteiger partial charge in [-0.1, -0.05) is 17.8 Å². The molecule has 0 aromatic carbocycles. The summed E-state index contributed by atoms with van der Waals surface area (Å²) in [6.45, 7) is -0.0166. The fraction of sp³-hybridized carbons (Fsp3) is 0.214. The summed E-state index contributed by atoms with van der Waals surface area (Å²) in [4.78, 5) is 35.1. The van der Waals surface area contributed by atoms with E-state index < -0.39 is 11.9 Å². The van der Waals surface area contributed by atoms with Gasteiger partial charge in [0.2, 0.25) is 5.91 Å². The number of hydrazine groups is 1. The van der Waals surface area contributed by atoms with E-state index in [1.54, 1.807) is 18.5 Å². The van der Waals surface area contributed by atoms with Crippen molar-refractivity contribution >= 4 is 23.6 Å². The van der Waals surface area contributed by atoms with Crippen LogP contribution in [0.1, 0.15) is 6.42 Å². The molecule has 2 heterocycles. The number of hydrogen-bond acceptors (Lipinski definition) is 8. The van der Waals surface area contributed by atoms with Crippen LogP contribution in [-0.2, 0) is 14.3 Å². The molecule has 0 spiro atoms. The Labute approximate surface area is 136 Å². The monoisotopic (exact) mass is 333 g/mol. The summed E-state index contributed by atoms with van der Waals surface area (Å²) in [5.41, 5.74) is 3.36. The van der Waals surface area contributed by atoms with Crippen molar-refractivity contribution in [2.45, 2.75) is 11.6 Å². The highest BCUT2D eigenvalue weighted by molar-refractivity contribution is 7.99. The van der Waals surface area contributed by atoms with Gasteiger partial charge in [-0.25, -0.2) is 15.8 Å². The van der Waals surface area contributed by atoms with Crippen molar-refractivity contribution in [3.63, 3.8) is 0 Å². The Morgan fingerprint density at radius 3 is 2.78 bits per heavy atom. The molecule has 2 rings (SSSR count). The van der Waals surface area contributed by atoms with Gasteiger partial charge in [-0.15, -0.1) is 0 Å². The smallest absolute Gasteiger partial charge is 0.316 e. The molecular weight excluding hydrogens is 318 g/mol. The third-order valence-electron chi connectivity index (χ3n) is 2.63. The number of pyridine rings is 1.